The van der Waals surface area contributed by atoms with Gasteiger partial charge in [-0.25, -0.2) is 13.8 Å². The maximum absolute atomic E-state index is 12.5. The number of aromatic nitrogens is 1. The molecule has 0 aliphatic heterocycles. The summed E-state index contributed by atoms with van der Waals surface area (Å²) in [5.41, 5.74) is -3.75. The summed E-state index contributed by atoms with van der Waals surface area (Å²) >= 11 is 5.30. The lowest BCUT2D eigenvalue weighted by molar-refractivity contribution is -0.141. The van der Waals surface area contributed by atoms with Gasteiger partial charge in [-0.2, -0.15) is 18.4 Å². The summed E-state index contributed by atoms with van der Waals surface area (Å²) in [4.78, 5) is 2.86. The fourth-order valence-electron chi connectivity index (χ4n) is 1.23. The Morgan fingerprint density at radius 2 is 2.00 bits per heavy atom. The second kappa shape index (κ2) is 4.84. The summed E-state index contributed by atoms with van der Waals surface area (Å²) in [7, 11) is 0. The van der Waals surface area contributed by atoms with Gasteiger partial charge in [0.15, 0.2) is 5.69 Å². The smallest absolute Gasteiger partial charge is 0.250 e. The van der Waals surface area contributed by atoms with Crippen molar-refractivity contribution in [2.24, 2.45) is 0 Å². The van der Waals surface area contributed by atoms with Gasteiger partial charge in [-0.1, -0.05) is 0 Å². The van der Waals surface area contributed by atoms with Gasteiger partial charge in [-0.3, -0.25) is 0 Å². The van der Waals surface area contributed by atoms with Crippen LogP contribution in [-0.2, 0) is 12.1 Å². The molecule has 17 heavy (non-hydrogen) atoms. The van der Waals surface area contributed by atoms with Gasteiger partial charge in [0.25, 0.3) is 6.43 Å². The third kappa shape index (κ3) is 2.64. The van der Waals surface area contributed by atoms with Crippen molar-refractivity contribution in [2.45, 2.75) is 18.5 Å². The van der Waals surface area contributed by atoms with Crippen molar-refractivity contribution in [3.63, 3.8) is 0 Å². The Bertz CT molecular complexity index is 464. The summed E-state index contributed by atoms with van der Waals surface area (Å²) in [5.74, 6) is -0.617. The monoisotopic (exact) mass is 270 g/mol. The summed E-state index contributed by atoms with van der Waals surface area (Å²) in [6.45, 7) is 0. The van der Waals surface area contributed by atoms with Crippen LogP contribution in [-0.4, -0.2) is 4.98 Å². The van der Waals surface area contributed by atoms with Crippen molar-refractivity contribution in [1.82, 2.24) is 4.98 Å². The van der Waals surface area contributed by atoms with Crippen LogP contribution >= 0.6 is 11.6 Å². The first kappa shape index (κ1) is 13.6. The maximum Gasteiger partial charge on any atom is 0.434 e. The first-order valence-corrected chi connectivity index (χ1v) is 4.69. The van der Waals surface area contributed by atoms with Gasteiger partial charge >= 0.3 is 6.18 Å². The van der Waals surface area contributed by atoms with E-state index in [2.05, 4.69) is 4.98 Å². The molecule has 0 bridgehead atoms. The molecule has 1 rings (SSSR count). The zero-order chi connectivity index (χ0) is 13.2. The van der Waals surface area contributed by atoms with Gasteiger partial charge in [0.05, 0.1) is 5.56 Å². The fraction of sp³-hybridized carbons (Fsp3) is 0.333. The van der Waals surface area contributed by atoms with Gasteiger partial charge in [0.1, 0.15) is 6.07 Å². The topological polar surface area (TPSA) is 36.7 Å². The molecule has 8 heteroatoms. The molecule has 0 unspecified atom stereocenters. The molecule has 0 atom stereocenters. The molecule has 0 aliphatic rings. The van der Waals surface area contributed by atoms with Crippen LogP contribution in [0.3, 0.4) is 0 Å². The number of nitrogens with zero attached hydrogens (tertiary/aromatic N) is 2. The molecule has 1 aromatic rings. The predicted octanol–water partition coefficient (Wildman–Crippen LogP) is 3.65. The van der Waals surface area contributed by atoms with Crippen molar-refractivity contribution in [1.29, 1.82) is 5.26 Å². The first-order chi connectivity index (χ1) is 7.82. The van der Waals surface area contributed by atoms with Crippen molar-refractivity contribution in [3.05, 3.63) is 28.6 Å². The molecule has 0 saturated heterocycles. The van der Waals surface area contributed by atoms with Crippen LogP contribution in [0.4, 0.5) is 22.0 Å². The zero-order valence-electron chi connectivity index (χ0n) is 8.02. The van der Waals surface area contributed by atoms with Crippen molar-refractivity contribution < 1.29 is 22.0 Å². The van der Waals surface area contributed by atoms with Crippen LogP contribution in [0.15, 0.2) is 6.20 Å². The highest BCUT2D eigenvalue weighted by Crippen LogP contribution is 2.35. The molecular weight excluding hydrogens is 267 g/mol. The number of nitriles is 1. The second-order valence-electron chi connectivity index (χ2n) is 2.96. The normalized spacial score (nSPS) is 11.6. The third-order valence-corrected chi connectivity index (χ3v) is 2.24. The number of pyridine rings is 1. The summed E-state index contributed by atoms with van der Waals surface area (Å²) in [6, 6.07) is 1.22. The summed E-state index contributed by atoms with van der Waals surface area (Å²) < 4.78 is 62.3. The molecule has 0 radical (unpaired) electrons. The minimum Gasteiger partial charge on any atom is -0.250 e. The summed E-state index contributed by atoms with van der Waals surface area (Å²) in [5, 5.41) is 8.61. The van der Waals surface area contributed by atoms with Crippen LogP contribution in [0.25, 0.3) is 0 Å². The molecule has 92 valence electrons. The Balaban J connectivity index is 3.56. The number of alkyl halides is 6. The Morgan fingerprint density at radius 1 is 1.41 bits per heavy atom. The average Bonchev–Trinajstić information content (AvgIpc) is 2.25. The van der Waals surface area contributed by atoms with E-state index in [1.165, 1.54) is 6.07 Å². The fourth-order valence-corrected chi connectivity index (χ4v) is 1.52. The highest BCUT2D eigenvalue weighted by molar-refractivity contribution is 6.17. The van der Waals surface area contributed by atoms with Gasteiger partial charge < -0.3 is 0 Å². The molecule has 1 aromatic heterocycles. The molecular formula is C9H4ClF5N2. The van der Waals surface area contributed by atoms with Gasteiger partial charge in [-0.15, -0.1) is 11.6 Å². The van der Waals surface area contributed by atoms with Crippen LogP contribution in [0.5, 0.6) is 0 Å². The average molecular weight is 271 g/mol. The van der Waals surface area contributed by atoms with Crippen LogP contribution in [0.2, 0.25) is 0 Å². The highest BCUT2D eigenvalue weighted by Gasteiger charge is 2.37. The van der Waals surface area contributed by atoms with E-state index in [0.717, 1.165) is 0 Å². The highest BCUT2D eigenvalue weighted by atomic mass is 35.5. The molecule has 0 saturated carbocycles. The van der Waals surface area contributed by atoms with Crippen LogP contribution in [0.1, 0.15) is 28.8 Å². The van der Waals surface area contributed by atoms with Crippen LogP contribution < -0.4 is 0 Å². The number of hydrogen-bond donors (Lipinski definition) is 0. The minimum atomic E-state index is -4.88. The molecule has 0 amide bonds. The predicted molar refractivity (Wildman–Crippen MR) is 48.5 cm³/mol. The standard InChI is InChI=1S/C9H4ClF5N2/c10-1-4-5(2-16)7(9(13,14)15)17-3-6(4)8(11)12/h3,8H,1H2. The molecule has 0 fully saturated rings. The molecule has 0 spiro atoms. The largest absolute Gasteiger partial charge is 0.434 e. The molecule has 2 nitrogen and oxygen atoms in total. The van der Waals surface area contributed by atoms with E-state index in [0.29, 0.717) is 6.20 Å². The molecule has 0 N–H and O–H groups in total. The Labute approximate surface area is 97.6 Å². The van der Waals surface area contributed by atoms with E-state index in [1.807, 2.05) is 0 Å². The zero-order valence-corrected chi connectivity index (χ0v) is 8.78. The SMILES string of the molecule is N#Cc1c(C(F)(F)F)ncc(C(F)F)c1CCl. The second-order valence-corrected chi connectivity index (χ2v) is 3.23. The third-order valence-electron chi connectivity index (χ3n) is 1.97. The Kier molecular flexibility index (Phi) is 3.88. The van der Waals surface area contributed by atoms with E-state index in [9.17, 15) is 22.0 Å². The number of halogens is 6. The van der Waals surface area contributed by atoms with Crippen molar-refractivity contribution in [2.75, 3.05) is 0 Å². The lowest BCUT2D eigenvalue weighted by atomic mass is 10.0. The van der Waals surface area contributed by atoms with E-state index in [1.54, 1.807) is 0 Å². The van der Waals surface area contributed by atoms with Crippen molar-refractivity contribution >= 4 is 11.6 Å². The molecule has 1 heterocycles. The summed E-state index contributed by atoms with van der Waals surface area (Å²) in [6.07, 6.45) is -7.52. The van der Waals surface area contributed by atoms with Crippen molar-refractivity contribution in [3.8, 4) is 6.07 Å². The van der Waals surface area contributed by atoms with Gasteiger partial charge in [-0.05, 0) is 5.56 Å². The van der Waals surface area contributed by atoms with Gasteiger partial charge in [0.2, 0.25) is 0 Å². The molecule has 0 aliphatic carbocycles. The lowest BCUT2D eigenvalue weighted by Crippen LogP contribution is -2.14. The maximum atomic E-state index is 12.5. The Morgan fingerprint density at radius 3 is 2.35 bits per heavy atom. The van der Waals surface area contributed by atoms with E-state index >= 15 is 0 Å². The van der Waals surface area contributed by atoms with Crippen LogP contribution in [0, 0.1) is 11.3 Å². The number of rotatable bonds is 2. The van der Waals surface area contributed by atoms with E-state index in [-0.39, 0.29) is 0 Å². The lowest BCUT2D eigenvalue weighted by Gasteiger charge is -2.13. The molecule has 0 aromatic carbocycles. The van der Waals surface area contributed by atoms with E-state index in [4.69, 9.17) is 16.9 Å². The Hall–Kier alpha value is -1.42. The number of hydrogen-bond acceptors (Lipinski definition) is 2. The van der Waals surface area contributed by atoms with Gasteiger partial charge in [0, 0.05) is 17.6 Å². The van der Waals surface area contributed by atoms with E-state index < -0.39 is 40.9 Å². The quantitative estimate of drug-likeness (QED) is 0.607. The first-order valence-electron chi connectivity index (χ1n) is 4.16. The minimum absolute atomic E-state index is 0.395.